The van der Waals surface area contributed by atoms with Crippen LogP contribution in [0.15, 0.2) is 0 Å². The highest BCUT2D eigenvalue weighted by Crippen LogP contribution is 2.28. The lowest BCUT2D eigenvalue weighted by atomic mass is 9.79. The fraction of sp³-hybridized carbons (Fsp3) is 1.00. The highest BCUT2D eigenvalue weighted by molar-refractivity contribution is 4.83. The molecular formula is C14H29NO. The van der Waals surface area contributed by atoms with Gasteiger partial charge in [-0.2, -0.15) is 0 Å². The van der Waals surface area contributed by atoms with E-state index in [1.54, 1.807) is 0 Å². The van der Waals surface area contributed by atoms with Gasteiger partial charge in [-0.1, -0.05) is 27.2 Å². The summed E-state index contributed by atoms with van der Waals surface area (Å²) < 4.78 is 0. The highest BCUT2D eigenvalue weighted by atomic mass is 16.3. The maximum absolute atomic E-state index is 9.47. The van der Waals surface area contributed by atoms with Crippen molar-refractivity contribution in [2.45, 2.75) is 71.4 Å². The minimum atomic E-state index is -0.0944. The van der Waals surface area contributed by atoms with Crippen molar-refractivity contribution in [2.24, 2.45) is 11.8 Å². The van der Waals surface area contributed by atoms with Crippen molar-refractivity contribution in [2.75, 3.05) is 6.54 Å². The summed E-state index contributed by atoms with van der Waals surface area (Å²) in [5.74, 6) is 1.64. The summed E-state index contributed by atoms with van der Waals surface area (Å²) in [7, 11) is 0. The third kappa shape index (κ3) is 4.42. The van der Waals surface area contributed by atoms with Crippen molar-refractivity contribution in [3.8, 4) is 0 Å². The summed E-state index contributed by atoms with van der Waals surface area (Å²) in [5, 5.41) is 13.2. The zero-order chi connectivity index (χ0) is 12.0. The van der Waals surface area contributed by atoms with Gasteiger partial charge in [-0.3, -0.25) is 0 Å². The van der Waals surface area contributed by atoms with Crippen molar-refractivity contribution in [3.63, 3.8) is 0 Å². The van der Waals surface area contributed by atoms with Crippen molar-refractivity contribution >= 4 is 0 Å². The second-order valence-electron chi connectivity index (χ2n) is 5.57. The van der Waals surface area contributed by atoms with Gasteiger partial charge in [0.1, 0.15) is 0 Å². The minimum absolute atomic E-state index is 0.0944. The number of aliphatic hydroxyl groups excluding tert-OH is 1. The first-order valence-electron chi connectivity index (χ1n) is 7.06. The molecule has 1 aliphatic carbocycles. The summed E-state index contributed by atoms with van der Waals surface area (Å²) in [6, 6.07) is 0.701. The molecule has 2 N–H and O–H groups in total. The normalized spacial score (nSPS) is 32.6. The first-order valence-corrected chi connectivity index (χ1v) is 7.06. The molecule has 0 saturated heterocycles. The first kappa shape index (κ1) is 14.0. The Hall–Kier alpha value is -0.0800. The minimum Gasteiger partial charge on any atom is -0.393 e. The molecule has 0 heterocycles. The van der Waals surface area contributed by atoms with E-state index in [0.29, 0.717) is 6.04 Å². The number of rotatable bonds is 6. The first-order chi connectivity index (χ1) is 7.65. The summed E-state index contributed by atoms with van der Waals surface area (Å²) in [5.41, 5.74) is 0. The smallest absolute Gasteiger partial charge is 0.0538 e. The zero-order valence-electron chi connectivity index (χ0n) is 11.2. The molecule has 0 amide bonds. The number of aliphatic hydroxyl groups is 1. The molecule has 3 unspecified atom stereocenters. The van der Waals surface area contributed by atoms with Crippen molar-refractivity contribution in [1.29, 1.82) is 0 Å². The van der Waals surface area contributed by atoms with Crippen LogP contribution in [0.5, 0.6) is 0 Å². The van der Waals surface area contributed by atoms with Gasteiger partial charge >= 0.3 is 0 Å². The van der Waals surface area contributed by atoms with E-state index in [0.717, 1.165) is 37.6 Å². The van der Waals surface area contributed by atoms with Gasteiger partial charge in [0.25, 0.3) is 0 Å². The molecule has 1 fully saturated rings. The maximum Gasteiger partial charge on any atom is 0.0538 e. The Balaban J connectivity index is 2.15. The lowest BCUT2D eigenvalue weighted by molar-refractivity contribution is 0.153. The fourth-order valence-electron chi connectivity index (χ4n) is 2.89. The van der Waals surface area contributed by atoms with Gasteiger partial charge in [0.05, 0.1) is 6.10 Å². The Kier molecular flexibility index (Phi) is 6.37. The van der Waals surface area contributed by atoms with E-state index in [1.807, 2.05) is 6.92 Å². The van der Waals surface area contributed by atoms with Gasteiger partial charge < -0.3 is 10.4 Å². The lowest BCUT2D eigenvalue weighted by Gasteiger charge is -2.35. The van der Waals surface area contributed by atoms with Crippen LogP contribution in [0.3, 0.4) is 0 Å². The van der Waals surface area contributed by atoms with Crippen LogP contribution >= 0.6 is 0 Å². The largest absolute Gasteiger partial charge is 0.393 e. The predicted molar refractivity (Wildman–Crippen MR) is 69.5 cm³/mol. The Morgan fingerprint density at radius 3 is 2.44 bits per heavy atom. The Morgan fingerprint density at radius 1 is 1.25 bits per heavy atom. The fourth-order valence-corrected chi connectivity index (χ4v) is 2.89. The topological polar surface area (TPSA) is 32.3 Å². The van der Waals surface area contributed by atoms with E-state index >= 15 is 0 Å². The molecular weight excluding hydrogens is 198 g/mol. The summed E-state index contributed by atoms with van der Waals surface area (Å²) in [4.78, 5) is 0. The van der Waals surface area contributed by atoms with Crippen LogP contribution in [0, 0.1) is 11.8 Å². The second kappa shape index (κ2) is 7.29. The van der Waals surface area contributed by atoms with Crippen molar-refractivity contribution < 1.29 is 5.11 Å². The summed E-state index contributed by atoms with van der Waals surface area (Å²) in [6.07, 6.45) is 6.98. The zero-order valence-corrected chi connectivity index (χ0v) is 11.2. The van der Waals surface area contributed by atoms with Crippen molar-refractivity contribution in [3.05, 3.63) is 0 Å². The molecule has 1 rings (SSSR count). The molecule has 96 valence electrons. The second-order valence-corrected chi connectivity index (χ2v) is 5.57. The van der Waals surface area contributed by atoms with Crippen LogP contribution in [0.2, 0.25) is 0 Å². The Labute approximate surface area is 101 Å². The third-order valence-electron chi connectivity index (χ3n) is 4.11. The van der Waals surface area contributed by atoms with Gasteiger partial charge in [-0.05, 0) is 50.5 Å². The van der Waals surface area contributed by atoms with E-state index in [4.69, 9.17) is 0 Å². The molecule has 3 atom stereocenters. The molecule has 1 saturated carbocycles. The summed E-state index contributed by atoms with van der Waals surface area (Å²) >= 11 is 0. The van der Waals surface area contributed by atoms with Gasteiger partial charge in [-0.25, -0.2) is 0 Å². The van der Waals surface area contributed by atoms with Crippen LogP contribution in [0.1, 0.15) is 59.3 Å². The maximum atomic E-state index is 9.47. The molecule has 2 heteroatoms. The molecule has 0 aromatic heterocycles. The molecule has 0 aromatic rings. The van der Waals surface area contributed by atoms with E-state index in [-0.39, 0.29) is 6.10 Å². The van der Waals surface area contributed by atoms with E-state index < -0.39 is 0 Å². The van der Waals surface area contributed by atoms with Gasteiger partial charge in [-0.15, -0.1) is 0 Å². The number of hydrogen-bond acceptors (Lipinski definition) is 2. The predicted octanol–water partition coefficient (Wildman–Crippen LogP) is 2.95. The van der Waals surface area contributed by atoms with Crippen LogP contribution in [0.25, 0.3) is 0 Å². The highest BCUT2D eigenvalue weighted by Gasteiger charge is 2.26. The average Bonchev–Trinajstić information content (AvgIpc) is 2.27. The van der Waals surface area contributed by atoms with Crippen LogP contribution in [0.4, 0.5) is 0 Å². The molecule has 2 nitrogen and oxygen atoms in total. The number of nitrogens with one attached hydrogen (secondary N) is 1. The van der Waals surface area contributed by atoms with Crippen molar-refractivity contribution in [1.82, 2.24) is 5.32 Å². The Bertz CT molecular complexity index is 174. The SMILES string of the molecule is CCC(O)CCCNC1C(C)CCCC1C. The van der Waals surface area contributed by atoms with Crippen LogP contribution < -0.4 is 5.32 Å². The van der Waals surface area contributed by atoms with E-state index in [2.05, 4.69) is 19.2 Å². The van der Waals surface area contributed by atoms with Crippen LogP contribution in [-0.2, 0) is 0 Å². The molecule has 0 aromatic carbocycles. The molecule has 16 heavy (non-hydrogen) atoms. The average molecular weight is 227 g/mol. The lowest BCUT2D eigenvalue weighted by Crippen LogP contribution is -2.43. The monoisotopic (exact) mass is 227 g/mol. The molecule has 0 aliphatic heterocycles. The molecule has 0 spiro atoms. The van der Waals surface area contributed by atoms with Gasteiger partial charge in [0.2, 0.25) is 0 Å². The quantitative estimate of drug-likeness (QED) is 0.684. The molecule has 0 radical (unpaired) electrons. The molecule has 1 aliphatic rings. The van der Waals surface area contributed by atoms with Crippen LogP contribution in [-0.4, -0.2) is 23.8 Å². The van der Waals surface area contributed by atoms with E-state index in [1.165, 1.54) is 19.3 Å². The summed E-state index contributed by atoms with van der Waals surface area (Å²) in [6.45, 7) is 7.85. The molecule has 0 bridgehead atoms. The van der Waals surface area contributed by atoms with Gasteiger partial charge in [0.15, 0.2) is 0 Å². The third-order valence-corrected chi connectivity index (χ3v) is 4.11. The van der Waals surface area contributed by atoms with Gasteiger partial charge in [0, 0.05) is 6.04 Å². The standard InChI is InChI=1S/C14H29NO/c1-4-13(16)9-6-10-15-14-11(2)7-5-8-12(14)3/h11-16H,4-10H2,1-3H3. The number of hydrogen-bond donors (Lipinski definition) is 2. The Morgan fingerprint density at radius 2 is 1.88 bits per heavy atom. The van der Waals surface area contributed by atoms with E-state index in [9.17, 15) is 5.11 Å².